The maximum Gasteiger partial charge on any atom is 0.153 e. The van der Waals surface area contributed by atoms with Crippen LogP contribution < -0.4 is 5.32 Å². The van der Waals surface area contributed by atoms with Crippen molar-refractivity contribution in [2.45, 2.75) is 51.2 Å². The normalized spacial score (nSPS) is 20.0. The van der Waals surface area contributed by atoms with E-state index in [2.05, 4.69) is 38.5 Å². The highest BCUT2D eigenvalue weighted by molar-refractivity contribution is 9.10. The van der Waals surface area contributed by atoms with E-state index in [9.17, 15) is 0 Å². The molecule has 1 fully saturated rings. The van der Waals surface area contributed by atoms with Gasteiger partial charge in [0.25, 0.3) is 0 Å². The van der Waals surface area contributed by atoms with Gasteiger partial charge in [-0.15, -0.1) is 5.10 Å². The molecule has 2 rings (SSSR count). The maximum absolute atomic E-state index is 6.12. The van der Waals surface area contributed by atoms with E-state index in [1.54, 1.807) is 0 Å². The summed E-state index contributed by atoms with van der Waals surface area (Å²) in [5.41, 5.74) is 1.07. The molecular formula is C14H25BrN4O. The fraction of sp³-hybridized carbons (Fsp3) is 0.857. The van der Waals surface area contributed by atoms with Crippen molar-refractivity contribution in [3.05, 3.63) is 10.3 Å². The van der Waals surface area contributed by atoms with Crippen LogP contribution in [0.3, 0.4) is 0 Å². The molecule has 0 aliphatic heterocycles. The lowest BCUT2D eigenvalue weighted by Gasteiger charge is -2.35. The highest BCUT2D eigenvalue weighted by atomic mass is 79.9. The minimum Gasteiger partial charge on any atom is -0.376 e. The topological polar surface area (TPSA) is 52.0 Å². The molecule has 6 heteroatoms. The zero-order valence-electron chi connectivity index (χ0n) is 12.6. The molecule has 0 bridgehead atoms. The van der Waals surface area contributed by atoms with Crippen molar-refractivity contribution in [3.63, 3.8) is 0 Å². The molecule has 0 spiro atoms. The summed E-state index contributed by atoms with van der Waals surface area (Å²) in [6.07, 6.45) is 6.68. The largest absolute Gasteiger partial charge is 0.376 e. The van der Waals surface area contributed by atoms with Crippen molar-refractivity contribution >= 4 is 15.9 Å². The van der Waals surface area contributed by atoms with E-state index in [1.165, 1.54) is 32.1 Å². The first-order chi connectivity index (χ1) is 9.69. The molecule has 1 N–H and O–H groups in total. The van der Waals surface area contributed by atoms with E-state index in [4.69, 9.17) is 4.74 Å². The molecule has 1 heterocycles. The minimum absolute atomic E-state index is 0.118. The molecule has 1 aliphatic carbocycles. The fourth-order valence-electron chi connectivity index (χ4n) is 3.29. The van der Waals surface area contributed by atoms with Crippen molar-refractivity contribution in [2.24, 2.45) is 13.0 Å². The second-order valence-electron chi connectivity index (χ2n) is 5.47. The Morgan fingerprint density at radius 2 is 2.10 bits per heavy atom. The molecular weight excluding hydrogens is 320 g/mol. The van der Waals surface area contributed by atoms with Crippen molar-refractivity contribution in [1.29, 1.82) is 0 Å². The number of ether oxygens (including phenoxy) is 1. The Morgan fingerprint density at radius 3 is 2.60 bits per heavy atom. The highest BCUT2D eigenvalue weighted by Gasteiger charge is 2.34. The highest BCUT2D eigenvalue weighted by Crippen LogP contribution is 2.35. The maximum atomic E-state index is 6.12. The predicted molar refractivity (Wildman–Crippen MR) is 82.5 cm³/mol. The molecule has 5 nitrogen and oxygen atoms in total. The second-order valence-corrected chi connectivity index (χ2v) is 6.22. The Hall–Kier alpha value is -0.460. The first-order valence-corrected chi connectivity index (χ1v) is 8.32. The number of halogens is 1. The van der Waals surface area contributed by atoms with Gasteiger partial charge >= 0.3 is 0 Å². The van der Waals surface area contributed by atoms with Crippen molar-refractivity contribution in [3.8, 4) is 0 Å². The van der Waals surface area contributed by atoms with Crippen LogP contribution in [-0.2, 0) is 11.8 Å². The third kappa shape index (κ3) is 3.40. The summed E-state index contributed by atoms with van der Waals surface area (Å²) in [5, 5.41) is 11.6. The van der Waals surface area contributed by atoms with Crippen LogP contribution in [0.15, 0.2) is 4.60 Å². The summed E-state index contributed by atoms with van der Waals surface area (Å²) < 4.78 is 8.75. The standard InChI is InChI=1S/C14H25BrN4O/c1-4-20-13(10-8-6-5-7-9-10)11(16-2)12-14(15)17-18-19(12)3/h10-11,13,16H,4-9H2,1-3H3. The summed E-state index contributed by atoms with van der Waals surface area (Å²) in [5.74, 6) is 0.614. The predicted octanol–water partition coefficient (Wildman–Crippen LogP) is 2.82. The van der Waals surface area contributed by atoms with Gasteiger partial charge in [-0.25, -0.2) is 4.68 Å². The lowest BCUT2D eigenvalue weighted by molar-refractivity contribution is -0.0185. The Bertz CT molecular complexity index is 398. The van der Waals surface area contributed by atoms with Crippen molar-refractivity contribution < 1.29 is 4.74 Å². The third-order valence-electron chi connectivity index (χ3n) is 4.23. The molecule has 0 aromatic carbocycles. The summed E-state index contributed by atoms with van der Waals surface area (Å²) in [6.45, 7) is 2.81. The molecule has 0 saturated heterocycles. The van der Waals surface area contributed by atoms with Gasteiger partial charge in [-0.1, -0.05) is 24.5 Å². The molecule has 1 aromatic rings. The fourth-order valence-corrected chi connectivity index (χ4v) is 3.86. The summed E-state index contributed by atoms with van der Waals surface area (Å²) >= 11 is 3.51. The van der Waals surface area contributed by atoms with Gasteiger partial charge in [0.15, 0.2) is 4.60 Å². The van der Waals surface area contributed by atoms with Crippen molar-refractivity contribution in [2.75, 3.05) is 13.7 Å². The molecule has 1 saturated carbocycles. The third-order valence-corrected chi connectivity index (χ3v) is 4.80. The molecule has 0 amide bonds. The van der Waals surface area contributed by atoms with Crippen LogP contribution >= 0.6 is 15.9 Å². The molecule has 1 aromatic heterocycles. The summed E-state index contributed by atoms with van der Waals surface area (Å²) in [4.78, 5) is 0. The molecule has 0 radical (unpaired) electrons. The number of likely N-dealkylation sites (N-methyl/N-ethyl adjacent to an activating group) is 1. The van der Waals surface area contributed by atoms with Crippen LogP contribution in [0.5, 0.6) is 0 Å². The Labute approximate surface area is 129 Å². The molecule has 114 valence electrons. The number of aryl methyl sites for hydroxylation is 1. The van der Waals surface area contributed by atoms with Gasteiger partial charge in [0.2, 0.25) is 0 Å². The number of hydrogen-bond donors (Lipinski definition) is 1. The average Bonchev–Trinajstić information content (AvgIpc) is 2.80. The van der Waals surface area contributed by atoms with Crippen LogP contribution in [0.1, 0.15) is 50.8 Å². The van der Waals surface area contributed by atoms with Gasteiger partial charge in [-0.3, -0.25) is 0 Å². The Kier molecular flexibility index (Phi) is 5.99. The number of hydrogen-bond acceptors (Lipinski definition) is 4. The number of aromatic nitrogens is 3. The van der Waals surface area contributed by atoms with Gasteiger partial charge < -0.3 is 10.1 Å². The van der Waals surface area contributed by atoms with Gasteiger partial charge in [-0.05, 0) is 48.7 Å². The van der Waals surface area contributed by atoms with Gasteiger partial charge in [0.1, 0.15) is 0 Å². The minimum atomic E-state index is 0.118. The lowest BCUT2D eigenvalue weighted by atomic mass is 9.82. The van der Waals surface area contributed by atoms with E-state index in [1.807, 2.05) is 18.8 Å². The monoisotopic (exact) mass is 344 g/mol. The Balaban J connectivity index is 2.24. The number of nitrogens with zero attached hydrogens (tertiary/aromatic N) is 3. The summed E-state index contributed by atoms with van der Waals surface area (Å²) in [6, 6.07) is 0.118. The zero-order valence-corrected chi connectivity index (χ0v) is 14.2. The second kappa shape index (κ2) is 7.52. The Morgan fingerprint density at radius 1 is 1.40 bits per heavy atom. The SMILES string of the molecule is CCOC(C1CCCCC1)C(NC)c1c(Br)nnn1C. The molecule has 2 atom stereocenters. The van der Waals surface area contributed by atoms with Gasteiger partial charge in [0.05, 0.1) is 17.8 Å². The van der Waals surface area contributed by atoms with Gasteiger partial charge in [-0.2, -0.15) is 0 Å². The summed E-state index contributed by atoms with van der Waals surface area (Å²) in [7, 11) is 3.92. The van der Waals surface area contributed by atoms with E-state index in [0.29, 0.717) is 5.92 Å². The van der Waals surface area contributed by atoms with E-state index >= 15 is 0 Å². The molecule has 1 aliphatic rings. The smallest absolute Gasteiger partial charge is 0.153 e. The van der Waals surface area contributed by atoms with Crippen LogP contribution in [0.25, 0.3) is 0 Å². The molecule has 20 heavy (non-hydrogen) atoms. The van der Waals surface area contributed by atoms with Crippen LogP contribution in [-0.4, -0.2) is 34.8 Å². The quantitative estimate of drug-likeness (QED) is 0.861. The van der Waals surface area contributed by atoms with Crippen LogP contribution in [0, 0.1) is 5.92 Å². The number of rotatable bonds is 6. The first-order valence-electron chi connectivity index (χ1n) is 7.53. The van der Waals surface area contributed by atoms with Crippen molar-refractivity contribution in [1.82, 2.24) is 20.3 Å². The van der Waals surface area contributed by atoms with E-state index in [-0.39, 0.29) is 12.1 Å². The number of nitrogens with one attached hydrogen (secondary N) is 1. The molecule has 2 unspecified atom stereocenters. The lowest BCUT2D eigenvalue weighted by Crippen LogP contribution is -2.39. The van der Waals surface area contributed by atoms with E-state index in [0.717, 1.165) is 16.9 Å². The zero-order chi connectivity index (χ0) is 14.5. The van der Waals surface area contributed by atoms with Gasteiger partial charge in [0, 0.05) is 13.7 Å². The van der Waals surface area contributed by atoms with Crippen LogP contribution in [0.4, 0.5) is 0 Å². The average molecular weight is 345 g/mol. The first kappa shape index (κ1) is 15.9. The van der Waals surface area contributed by atoms with Crippen LogP contribution in [0.2, 0.25) is 0 Å². The van der Waals surface area contributed by atoms with E-state index < -0.39 is 0 Å².